The zero-order valence-corrected chi connectivity index (χ0v) is 16.2. The van der Waals surface area contributed by atoms with Crippen molar-refractivity contribution in [3.8, 4) is 22.4 Å². The molecular formula is C23H15ClN2S. The first-order valence-corrected chi connectivity index (χ1v) is 9.91. The van der Waals surface area contributed by atoms with Gasteiger partial charge in [0.25, 0.3) is 0 Å². The van der Waals surface area contributed by atoms with Crippen LogP contribution < -0.4 is 0 Å². The third kappa shape index (κ3) is 2.89. The summed E-state index contributed by atoms with van der Waals surface area (Å²) in [5.41, 5.74) is 6.45. The number of aryl methyl sites for hydroxylation is 1. The molecule has 0 radical (unpaired) electrons. The first-order chi connectivity index (χ1) is 13.2. The molecule has 4 heteroatoms. The number of nitrogens with zero attached hydrogens (tertiary/aromatic N) is 2. The molecule has 0 bridgehead atoms. The van der Waals surface area contributed by atoms with Crippen molar-refractivity contribution in [3.05, 3.63) is 83.6 Å². The van der Waals surface area contributed by atoms with E-state index in [9.17, 15) is 0 Å². The molecule has 0 fully saturated rings. The standard InChI is InChI=1S/C23H15ClN2S/c1-14-10-11-18-19(12-14)27-22-20(25-23(24)26-21(18)22)17-9-5-8-16(13-17)15-6-3-2-4-7-15/h2-13H,1H3. The normalized spacial score (nSPS) is 11.3. The van der Waals surface area contributed by atoms with Crippen LogP contribution in [0.15, 0.2) is 72.8 Å². The van der Waals surface area contributed by atoms with Gasteiger partial charge in [0.15, 0.2) is 0 Å². The summed E-state index contributed by atoms with van der Waals surface area (Å²) < 4.78 is 2.28. The van der Waals surface area contributed by atoms with Crippen LogP contribution in [-0.4, -0.2) is 9.97 Å². The van der Waals surface area contributed by atoms with Crippen LogP contribution in [0.3, 0.4) is 0 Å². The molecule has 0 N–H and O–H groups in total. The average Bonchev–Trinajstić information content (AvgIpc) is 3.05. The Hall–Kier alpha value is -2.75. The lowest BCUT2D eigenvalue weighted by molar-refractivity contribution is 1.24. The molecule has 2 heterocycles. The van der Waals surface area contributed by atoms with Crippen molar-refractivity contribution in [1.29, 1.82) is 0 Å². The molecule has 27 heavy (non-hydrogen) atoms. The van der Waals surface area contributed by atoms with E-state index in [1.54, 1.807) is 11.3 Å². The van der Waals surface area contributed by atoms with Crippen molar-refractivity contribution in [2.75, 3.05) is 0 Å². The molecule has 5 aromatic rings. The largest absolute Gasteiger partial charge is 0.223 e. The number of halogens is 1. The quantitative estimate of drug-likeness (QED) is 0.301. The Morgan fingerprint density at radius 1 is 0.778 bits per heavy atom. The van der Waals surface area contributed by atoms with Crippen LogP contribution in [0.1, 0.15) is 5.56 Å². The van der Waals surface area contributed by atoms with E-state index >= 15 is 0 Å². The fourth-order valence-corrected chi connectivity index (χ4v) is 4.82. The van der Waals surface area contributed by atoms with Crippen molar-refractivity contribution in [1.82, 2.24) is 9.97 Å². The van der Waals surface area contributed by atoms with Gasteiger partial charge in [0.1, 0.15) is 0 Å². The molecule has 0 aliphatic rings. The van der Waals surface area contributed by atoms with Gasteiger partial charge in [0, 0.05) is 15.6 Å². The summed E-state index contributed by atoms with van der Waals surface area (Å²) in [6.45, 7) is 2.10. The third-order valence-corrected chi connectivity index (χ3v) is 6.00. The molecule has 2 aromatic heterocycles. The first kappa shape index (κ1) is 16.4. The number of fused-ring (bicyclic) bond motifs is 3. The van der Waals surface area contributed by atoms with E-state index in [1.807, 2.05) is 6.07 Å². The highest BCUT2D eigenvalue weighted by Gasteiger charge is 2.15. The van der Waals surface area contributed by atoms with Crippen molar-refractivity contribution >= 4 is 43.2 Å². The summed E-state index contributed by atoms with van der Waals surface area (Å²) in [4.78, 5) is 9.11. The number of aromatic nitrogens is 2. The van der Waals surface area contributed by atoms with Gasteiger partial charge in [-0.15, -0.1) is 11.3 Å². The van der Waals surface area contributed by atoms with E-state index in [-0.39, 0.29) is 5.28 Å². The highest BCUT2D eigenvalue weighted by Crippen LogP contribution is 2.39. The van der Waals surface area contributed by atoms with Gasteiger partial charge in [-0.2, -0.15) is 0 Å². The van der Waals surface area contributed by atoms with Gasteiger partial charge in [-0.05, 0) is 47.3 Å². The number of rotatable bonds is 2. The van der Waals surface area contributed by atoms with E-state index in [0.717, 1.165) is 32.4 Å². The molecular weight excluding hydrogens is 372 g/mol. The van der Waals surface area contributed by atoms with Crippen LogP contribution in [0.4, 0.5) is 0 Å². The maximum Gasteiger partial charge on any atom is 0.223 e. The monoisotopic (exact) mass is 386 g/mol. The van der Waals surface area contributed by atoms with E-state index in [0.29, 0.717) is 0 Å². The molecule has 0 saturated heterocycles. The van der Waals surface area contributed by atoms with Crippen LogP contribution >= 0.6 is 22.9 Å². The highest BCUT2D eigenvalue weighted by atomic mass is 35.5. The zero-order chi connectivity index (χ0) is 18.4. The lowest BCUT2D eigenvalue weighted by atomic mass is 10.0. The second-order valence-corrected chi connectivity index (χ2v) is 7.96. The van der Waals surface area contributed by atoms with Gasteiger partial charge in [-0.25, -0.2) is 9.97 Å². The summed E-state index contributed by atoms with van der Waals surface area (Å²) in [5, 5.41) is 1.41. The van der Waals surface area contributed by atoms with E-state index < -0.39 is 0 Å². The molecule has 0 aliphatic carbocycles. The lowest BCUT2D eigenvalue weighted by Gasteiger charge is -2.07. The Kier molecular flexibility index (Phi) is 3.92. The summed E-state index contributed by atoms with van der Waals surface area (Å²) in [7, 11) is 0. The van der Waals surface area contributed by atoms with Crippen LogP contribution in [0.25, 0.3) is 42.7 Å². The van der Waals surface area contributed by atoms with Crippen LogP contribution in [-0.2, 0) is 0 Å². The minimum absolute atomic E-state index is 0.280. The SMILES string of the molecule is Cc1ccc2c(c1)sc1c(-c3cccc(-c4ccccc4)c3)nc(Cl)nc12. The van der Waals surface area contributed by atoms with Gasteiger partial charge in [0.2, 0.25) is 5.28 Å². The van der Waals surface area contributed by atoms with Crippen molar-refractivity contribution in [3.63, 3.8) is 0 Å². The molecule has 2 nitrogen and oxygen atoms in total. The van der Waals surface area contributed by atoms with Crippen LogP contribution in [0.5, 0.6) is 0 Å². The van der Waals surface area contributed by atoms with Gasteiger partial charge >= 0.3 is 0 Å². The Bertz CT molecular complexity index is 1290. The Morgan fingerprint density at radius 3 is 2.41 bits per heavy atom. The fourth-order valence-electron chi connectivity index (χ4n) is 3.39. The number of thiophene rings is 1. The van der Waals surface area contributed by atoms with Crippen LogP contribution in [0, 0.1) is 6.92 Å². The van der Waals surface area contributed by atoms with Gasteiger partial charge < -0.3 is 0 Å². The van der Waals surface area contributed by atoms with Crippen LogP contribution in [0.2, 0.25) is 5.28 Å². The second-order valence-electron chi connectivity index (χ2n) is 6.57. The predicted molar refractivity (Wildman–Crippen MR) is 116 cm³/mol. The van der Waals surface area contributed by atoms with Gasteiger partial charge in [0.05, 0.1) is 15.9 Å². The van der Waals surface area contributed by atoms with Crippen molar-refractivity contribution < 1.29 is 0 Å². The van der Waals surface area contributed by atoms with E-state index in [2.05, 4.69) is 83.6 Å². The number of hydrogen-bond acceptors (Lipinski definition) is 3. The smallest absolute Gasteiger partial charge is 0.216 e. The molecule has 130 valence electrons. The topological polar surface area (TPSA) is 25.8 Å². The van der Waals surface area contributed by atoms with E-state index in [1.165, 1.54) is 15.8 Å². The zero-order valence-electron chi connectivity index (χ0n) is 14.6. The maximum atomic E-state index is 6.30. The van der Waals surface area contributed by atoms with E-state index in [4.69, 9.17) is 11.6 Å². The molecule has 0 unspecified atom stereocenters. The maximum absolute atomic E-state index is 6.30. The molecule has 3 aromatic carbocycles. The third-order valence-electron chi connectivity index (χ3n) is 4.69. The molecule has 0 spiro atoms. The Balaban J connectivity index is 1.77. The van der Waals surface area contributed by atoms with Crippen molar-refractivity contribution in [2.45, 2.75) is 6.92 Å². The van der Waals surface area contributed by atoms with Gasteiger partial charge in [-0.1, -0.05) is 60.7 Å². The molecule has 0 amide bonds. The Morgan fingerprint density at radius 2 is 1.56 bits per heavy atom. The highest BCUT2D eigenvalue weighted by molar-refractivity contribution is 7.26. The van der Waals surface area contributed by atoms with Gasteiger partial charge in [-0.3, -0.25) is 0 Å². The number of hydrogen-bond donors (Lipinski definition) is 0. The minimum atomic E-state index is 0.280. The summed E-state index contributed by atoms with van der Waals surface area (Å²) >= 11 is 8.03. The summed E-state index contributed by atoms with van der Waals surface area (Å²) in [5.74, 6) is 0. The van der Waals surface area contributed by atoms with Crippen molar-refractivity contribution in [2.24, 2.45) is 0 Å². The second kappa shape index (κ2) is 6.45. The molecule has 0 atom stereocenters. The minimum Gasteiger partial charge on any atom is -0.216 e. The Labute approximate surface area is 166 Å². The number of benzene rings is 3. The molecule has 0 aliphatic heterocycles. The molecule has 5 rings (SSSR count). The summed E-state index contributed by atoms with van der Waals surface area (Å²) in [6.07, 6.45) is 0. The lowest BCUT2D eigenvalue weighted by Crippen LogP contribution is -1.89. The molecule has 0 saturated carbocycles. The summed E-state index contributed by atoms with van der Waals surface area (Å²) in [6, 6.07) is 25.2. The first-order valence-electron chi connectivity index (χ1n) is 8.71. The fraction of sp³-hybridized carbons (Fsp3) is 0.0435. The average molecular weight is 387 g/mol. The predicted octanol–water partition coefficient (Wildman–Crippen LogP) is 7.14.